The van der Waals surface area contributed by atoms with Gasteiger partial charge in [-0.1, -0.05) is 35.0 Å². The molecule has 0 unspecified atom stereocenters. The van der Waals surface area contributed by atoms with Crippen LogP contribution >= 0.6 is 22.9 Å². The summed E-state index contributed by atoms with van der Waals surface area (Å²) in [7, 11) is 0. The zero-order valence-electron chi connectivity index (χ0n) is 13.1. The molecule has 0 aliphatic rings. The Bertz CT molecular complexity index is 948. The number of aromatic nitrogens is 2. The van der Waals surface area contributed by atoms with Crippen molar-refractivity contribution in [2.45, 2.75) is 6.61 Å². The van der Waals surface area contributed by atoms with E-state index in [2.05, 4.69) is 10.1 Å². The maximum absolute atomic E-state index is 5.86. The summed E-state index contributed by atoms with van der Waals surface area (Å²) in [6.07, 6.45) is 0. The van der Waals surface area contributed by atoms with Crippen LogP contribution < -0.4 is 4.74 Å². The molecular weight excluding hydrogens is 356 g/mol. The van der Waals surface area contributed by atoms with E-state index in [0.717, 1.165) is 21.8 Å². The standard InChI is InChI=1S/C19H13ClN2O2S/c20-15-7-9-16(10-8-15)23-12-13-3-5-14(6-4-13)19-21-18(22-24-19)17-2-1-11-25-17/h1-11H,12H2. The van der Waals surface area contributed by atoms with Crippen LogP contribution in [0.4, 0.5) is 0 Å². The molecule has 2 heterocycles. The summed E-state index contributed by atoms with van der Waals surface area (Å²) in [5, 5.41) is 6.71. The Morgan fingerprint density at radius 3 is 2.52 bits per heavy atom. The fourth-order valence-electron chi connectivity index (χ4n) is 2.29. The van der Waals surface area contributed by atoms with Gasteiger partial charge in [0.25, 0.3) is 5.89 Å². The van der Waals surface area contributed by atoms with Crippen LogP contribution in [0.25, 0.3) is 22.2 Å². The number of ether oxygens (including phenoxy) is 1. The van der Waals surface area contributed by atoms with Crippen molar-refractivity contribution in [2.75, 3.05) is 0 Å². The van der Waals surface area contributed by atoms with Crippen LogP contribution in [0, 0.1) is 0 Å². The lowest BCUT2D eigenvalue weighted by Gasteiger charge is -2.06. The highest BCUT2D eigenvalue weighted by atomic mass is 35.5. The molecule has 6 heteroatoms. The van der Waals surface area contributed by atoms with Gasteiger partial charge in [0, 0.05) is 10.6 Å². The Kier molecular flexibility index (Phi) is 4.50. The molecule has 4 nitrogen and oxygen atoms in total. The van der Waals surface area contributed by atoms with Gasteiger partial charge in [0.1, 0.15) is 12.4 Å². The zero-order valence-corrected chi connectivity index (χ0v) is 14.6. The molecule has 0 saturated heterocycles. The maximum Gasteiger partial charge on any atom is 0.258 e. The quantitative estimate of drug-likeness (QED) is 0.453. The average Bonchev–Trinajstić information content (AvgIpc) is 3.33. The second-order valence-corrected chi connectivity index (χ2v) is 6.72. The lowest BCUT2D eigenvalue weighted by molar-refractivity contribution is 0.306. The minimum Gasteiger partial charge on any atom is -0.489 e. The molecule has 2 aromatic carbocycles. The molecule has 2 aromatic heterocycles. The van der Waals surface area contributed by atoms with E-state index in [0.29, 0.717) is 23.3 Å². The van der Waals surface area contributed by atoms with E-state index in [1.807, 2.05) is 53.9 Å². The van der Waals surface area contributed by atoms with Gasteiger partial charge in [-0.15, -0.1) is 11.3 Å². The van der Waals surface area contributed by atoms with Crippen molar-refractivity contribution in [3.05, 3.63) is 76.6 Å². The van der Waals surface area contributed by atoms with Crippen LogP contribution in [0.2, 0.25) is 5.02 Å². The lowest BCUT2D eigenvalue weighted by Crippen LogP contribution is -1.95. The minimum absolute atomic E-state index is 0.478. The van der Waals surface area contributed by atoms with Crippen molar-refractivity contribution >= 4 is 22.9 Å². The molecule has 0 aliphatic heterocycles. The normalized spacial score (nSPS) is 10.8. The molecule has 0 radical (unpaired) electrons. The molecule has 0 bridgehead atoms. The Morgan fingerprint density at radius 2 is 1.80 bits per heavy atom. The summed E-state index contributed by atoms with van der Waals surface area (Å²) >= 11 is 7.45. The molecule has 0 fully saturated rings. The van der Waals surface area contributed by atoms with Crippen molar-refractivity contribution < 1.29 is 9.26 Å². The third kappa shape index (κ3) is 3.73. The molecule has 0 amide bonds. The molecule has 0 N–H and O–H groups in total. The summed E-state index contributed by atoms with van der Waals surface area (Å²) in [6, 6.07) is 19.1. The number of thiophene rings is 1. The Balaban J connectivity index is 1.44. The predicted octanol–water partition coefficient (Wildman–Crippen LogP) is 5.70. The van der Waals surface area contributed by atoms with E-state index in [9.17, 15) is 0 Å². The number of benzene rings is 2. The first-order valence-corrected chi connectivity index (χ1v) is 8.89. The van der Waals surface area contributed by atoms with E-state index < -0.39 is 0 Å². The SMILES string of the molecule is Clc1ccc(OCc2ccc(-c3nc(-c4cccs4)no3)cc2)cc1. The number of nitrogens with zero attached hydrogens (tertiary/aromatic N) is 2. The molecule has 4 rings (SSSR count). The van der Waals surface area contributed by atoms with Crippen LogP contribution in [0.3, 0.4) is 0 Å². The average molecular weight is 369 g/mol. The van der Waals surface area contributed by atoms with Crippen molar-refractivity contribution in [2.24, 2.45) is 0 Å². The highest BCUT2D eigenvalue weighted by Crippen LogP contribution is 2.25. The predicted molar refractivity (Wildman–Crippen MR) is 98.8 cm³/mol. The number of rotatable bonds is 5. The van der Waals surface area contributed by atoms with Crippen molar-refractivity contribution in [1.29, 1.82) is 0 Å². The van der Waals surface area contributed by atoms with Gasteiger partial charge in [0.15, 0.2) is 0 Å². The Hall–Kier alpha value is -2.63. The highest BCUT2D eigenvalue weighted by Gasteiger charge is 2.11. The first kappa shape index (κ1) is 15.9. The van der Waals surface area contributed by atoms with E-state index in [1.54, 1.807) is 23.5 Å². The fraction of sp³-hybridized carbons (Fsp3) is 0.0526. The Morgan fingerprint density at radius 1 is 1.00 bits per heavy atom. The summed E-state index contributed by atoms with van der Waals surface area (Å²) in [4.78, 5) is 5.43. The first-order chi connectivity index (χ1) is 12.3. The van der Waals surface area contributed by atoms with Gasteiger partial charge >= 0.3 is 0 Å². The van der Waals surface area contributed by atoms with Gasteiger partial charge in [-0.25, -0.2) is 0 Å². The van der Waals surface area contributed by atoms with E-state index in [4.69, 9.17) is 20.9 Å². The smallest absolute Gasteiger partial charge is 0.258 e. The Labute approximate surface area is 153 Å². The number of halogens is 1. The summed E-state index contributed by atoms with van der Waals surface area (Å²) in [5.74, 6) is 1.90. The number of hydrogen-bond donors (Lipinski definition) is 0. The monoisotopic (exact) mass is 368 g/mol. The molecule has 0 atom stereocenters. The molecule has 0 spiro atoms. The van der Waals surface area contributed by atoms with Crippen molar-refractivity contribution in [1.82, 2.24) is 10.1 Å². The fourth-order valence-corrected chi connectivity index (χ4v) is 3.06. The first-order valence-electron chi connectivity index (χ1n) is 7.63. The van der Waals surface area contributed by atoms with Gasteiger partial charge in [-0.05, 0) is 53.4 Å². The van der Waals surface area contributed by atoms with Gasteiger partial charge in [-0.3, -0.25) is 0 Å². The lowest BCUT2D eigenvalue weighted by atomic mass is 10.1. The van der Waals surface area contributed by atoms with Gasteiger partial charge in [0.05, 0.1) is 4.88 Å². The summed E-state index contributed by atoms with van der Waals surface area (Å²) in [6.45, 7) is 0.478. The third-order valence-electron chi connectivity index (χ3n) is 3.59. The van der Waals surface area contributed by atoms with E-state index in [1.165, 1.54) is 0 Å². The summed E-state index contributed by atoms with van der Waals surface area (Å²) < 4.78 is 11.1. The third-order valence-corrected chi connectivity index (χ3v) is 4.71. The highest BCUT2D eigenvalue weighted by molar-refractivity contribution is 7.13. The molecule has 0 saturated carbocycles. The van der Waals surface area contributed by atoms with Gasteiger partial charge < -0.3 is 9.26 Å². The van der Waals surface area contributed by atoms with Crippen LogP contribution in [0.1, 0.15) is 5.56 Å². The minimum atomic E-state index is 0.478. The molecule has 0 aliphatic carbocycles. The van der Waals surface area contributed by atoms with Crippen LogP contribution in [-0.4, -0.2) is 10.1 Å². The molecule has 124 valence electrons. The zero-order chi connectivity index (χ0) is 17.1. The van der Waals surface area contributed by atoms with Crippen LogP contribution in [0.15, 0.2) is 70.6 Å². The van der Waals surface area contributed by atoms with Crippen molar-refractivity contribution in [3.8, 4) is 27.9 Å². The van der Waals surface area contributed by atoms with E-state index in [-0.39, 0.29) is 0 Å². The second-order valence-electron chi connectivity index (χ2n) is 5.34. The maximum atomic E-state index is 5.86. The van der Waals surface area contributed by atoms with Crippen molar-refractivity contribution in [3.63, 3.8) is 0 Å². The molecular formula is C19H13ClN2O2S. The second kappa shape index (κ2) is 7.09. The largest absolute Gasteiger partial charge is 0.489 e. The topological polar surface area (TPSA) is 48.2 Å². The van der Waals surface area contributed by atoms with Gasteiger partial charge in [0.2, 0.25) is 5.82 Å². The summed E-state index contributed by atoms with van der Waals surface area (Å²) in [5.41, 5.74) is 1.93. The molecule has 4 aromatic rings. The van der Waals surface area contributed by atoms with Crippen LogP contribution in [-0.2, 0) is 6.61 Å². The molecule has 25 heavy (non-hydrogen) atoms. The van der Waals surface area contributed by atoms with E-state index >= 15 is 0 Å². The van der Waals surface area contributed by atoms with Crippen LogP contribution in [0.5, 0.6) is 5.75 Å². The van der Waals surface area contributed by atoms with Gasteiger partial charge in [-0.2, -0.15) is 4.98 Å². The number of hydrogen-bond acceptors (Lipinski definition) is 5.